The molecule has 0 aromatic heterocycles. The van der Waals surface area contributed by atoms with E-state index in [0.29, 0.717) is 18.8 Å². The van der Waals surface area contributed by atoms with Crippen molar-refractivity contribution in [2.75, 3.05) is 26.2 Å². The average molecular weight is 284 g/mol. The number of nitrogens with two attached hydrogens (primary N) is 1. The first-order chi connectivity index (χ1) is 9.04. The van der Waals surface area contributed by atoms with Gasteiger partial charge >= 0.3 is 16.2 Å². The van der Waals surface area contributed by atoms with Crippen molar-refractivity contribution in [2.45, 2.75) is 0 Å². The molecule has 0 atom stereocenters. The van der Waals surface area contributed by atoms with Gasteiger partial charge in [0.05, 0.1) is 0 Å². The number of rotatable bonds is 2. The average Bonchev–Trinajstić information content (AvgIpc) is 2.39. The van der Waals surface area contributed by atoms with E-state index >= 15 is 0 Å². The second kappa shape index (κ2) is 6.00. The number of hydrogen-bond acceptors (Lipinski definition) is 4. The molecule has 0 spiro atoms. The predicted octanol–water partition coefficient (Wildman–Crippen LogP) is -0.470. The van der Waals surface area contributed by atoms with Crippen LogP contribution in [0, 0.1) is 0 Å². The number of ether oxygens (including phenoxy) is 1. The molecule has 7 nitrogen and oxygen atoms in total. The number of nitrogens with zero attached hydrogens (tertiary/aromatic N) is 2. The Labute approximate surface area is 112 Å². The van der Waals surface area contributed by atoms with Gasteiger partial charge in [-0.2, -0.15) is 8.42 Å². The molecule has 0 amide bonds. The minimum Gasteiger partial charge on any atom is -0.425 e. The van der Waals surface area contributed by atoms with E-state index in [1.54, 1.807) is 29.2 Å². The summed E-state index contributed by atoms with van der Waals surface area (Å²) in [5.74, 6) is 0.517. The highest BCUT2D eigenvalue weighted by Gasteiger charge is 2.19. The maximum atomic E-state index is 11.1. The Morgan fingerprint density at radius 3 is 2.47 bits per heavy atom. The molecule has 1 heterocycles. The summed E-state index contributed by atoms with van der Waals surface area (Å²) in [4.78, 5) is 1.74. The quantitative estimate of drug-likeness (QED) is 0.565. The van der Waals surface area contributed by atoms with Crippen molar-refractivity contribution >= 4 is 16.2 Å². The van der Waals surface area contributed by atoms with Crippen LogP contribution >= 0.6 is 0 Å². The minimum atomic E-state index is -3.99. The molecule has 8 heteroatoms. The van der Waals surface area contributed by atoms with Crippen molar-refractivity contribution in [3.63, 3.8) is 0 Å². The zero-order chi connectivity index (χ0) is 13.7. The summed E-state index contributed by atoms with van der Waals surface area (Å²) >= 11 is 0. The molecule has 1 aromatic carbocycles. The zero-order valence-electron chi connectivity index (χ0n) is 10.3. The van der Waals surface area contributed by atoms with Gasteiger partial charge in [-0.15, -0.1) is 0 Å². The molecule has 0 aliphatic carbocycles. The SMILES string of the molecule is NS(=O)(=O)/N=C(/Oc1ccccc1)N1CCNCC1. The monoisotopic (exact) mass is 284 g/mol. The molecular formula is C11H16N4O3S. The van der Waals surface area contributed by atoms with Crippen LogP contribution in [0.25, 0.3) is 0 Å². The molecule has 1 aliphatic rings. The predicted molar refractivity (Wildman–Crippen MR) is 72.1 cm³/mol. The third kappa shape index (κ3) is 4.51. The third-order valence-corrected chi connectivity index (χ3v) is 2.96. The second-order valence-corrected chi connectivity index (χ2v) is 5.25. The summed E-state index contributed by atoms with van der Waals surface area (Å²) in [6.07, 6.45) is 0. The molecule has 0 bridgehead atoms. The van der Waals surface area contributed by atoms with Crippen LogP contribution in [-0.4, -0.2) is 45.5 Å². The Balaban J connectivity index is 2.21. The Kier molecular flexibility index (Phi) is 4.35. The molecule has 1 saturated heterocycles. The molecule has 0 saturated carbocycles. The maximum absolute atomic E-state index is 11.1. The van der Waals surface area contributed by atoms with E-state index in [1.807, 2.05) is 6.07 Å². The Morgan fingerprint density at radius 1 is 1.26 bits per heavy atom. The first-order valence-electron chi connectivity index (χ1n) is 5.86. The summed E-state index contributed by atoms with van der Waals surface area (Å²) in [7, 11) is -3.99. The van der Waals surface area contributed by atoms with Gasteiger partial charge in [0.1, 0.15) is 5.75 Å². The number of nitrogens with one attached hydrogen (secondary N) is 1. The maximum Gasteiger partial charge on any atom is 0.321 e. The van der Waals surface area contributed by atoms with Crippen LogP contribution in [0.2, 0.25) is 0 Å². The van der Waals surface area contributed by atoms with Crippen molar-refractivity contribution in [3.05, 3.63) is 30.3 Å². The van der Waals surface area contributed by atoms with E-state index < -0.39 is 10.2 Å². The third-order valence-electron chi connectivity index (χ3n) is 2.55. The van der Waals surface area contributed by atoms with Gasteiger partial charge in [0.25, 0.3) is 0 Å². The molecule has 2 rings (SSSR count). The van der Waals surface area contributed by atoms with Crippen LogP contribution in [0.1, 0.15) is 0 Å². The highest BCUT2D eigenvalue weighted by atomic mass is 32.2. The second-order valence-electron chi connectivity index (χ2n) is 4.04. The topological polar surface area (TPSA) is 97.0 Å². The summed E-state index contributed by atoms with van der Waals surface area (Å²) < 4.78 is 31.3. The molecule has 1 aromatic rings. The molecule has 0 radical (unpaired) electrons. The number of hydrogen-bond donors (Lipinski definition) is 2. The van der Waals surface area contributed by atoms with Gasteiger partial charge in [0.15, 0.2) is 0 Å². The highest BCUT2D eigenvalue weighted by molar-refractivity contribution is 7.88. The van der Waals surface area contributed by atoms with E-state index in [1.165, 1.54) is 0 Å². The van der Waals surface area contributed by atoms with Gasteiger partial charge in [-0.25, -0.2) is 5.14 Å². The lowest BCUT2D eigenvalue weighted by Crippen LogP contribution is -2.48. The van der Waals surface area contributed by atoms with E-state index in [4.69, 9.17) is 9.88 Å². The number of benzene rings is 1. The lowest BCUT2D eigenvalue weighted by Gasteiger charge is -2.29. The number of piperazine rings is 1. The molecule has 19 heavy (non-hydrogen) atoms. The lowest BCUT2D eigenvalue weighted by atomic mass is 10.3. The normalized spacial score (nSPS) is 17.3. The van der Waals surface area contributed by atoms with E-state index in [0.717, 1.165) is 13.1 Å². The van der Waals surface area contributed by atoms with E-state index in [-0.39, 0.29) is 6.02 Å². The van der Waals surface area contributed by atoms with Crippen LogP contribution in [-0.2, 0) is 10.2 Å². The van der Waals surface area contributed by atoms with Crippen LogP contribution in [0.15, 0.2) is 34.7 Å². The van der Waals surface area contributed by atoms with E-state index in [2.05, 4.69) is 9.71 Å². The van der Waals surface area contributed by atoms with Crippen LogP contribution in [0.4, 0.5) is 0 Å². The standard InChI is InChI=1S/C11H16N4O3S/c12-19(16,17)14-11(15-8-6-13-7-9-15)18-10-4-2-1-3-5-10/h1-5,13H,6-9H2,(H2,12,16,17)/b14-11+. The van der Waals surface area contributed by atoms with Crippen LogP contribution < -0.4 is 15.2 Å². The smallest absolute Gasteiger partial charge is 0.321 e. The Hall–Kier alpha value is -1.64. The van der Waals surface area contributed by atoms with Crippen molar-refractivity contribution in [1.82, 2.24) is 10.2 Å². The van der Waals surface area contributed by atoms with Gasteiger partial charge < -0.3 is 15.0 Å². The molecule has 1 fully saturated rings. The molecule has 0 unspecified atom stereocenters. The summed E-state index contributed by atoms with van der Waals surface area (Å²) in [6, 6.07) is 8.88. The van der Waals surface area contributed by atoms with Crippen molar-refractivity contribution in [1.29, 1.82) is 0 Å². The van der Waals surface area contributed by atoms with E-state index in [9.17, 15) is 8.42 Å². The van der Waals surface area contributed by atoms with Gasteiger partial charge in [0, 0.05) is 26.2 Å². The lowest BCUT2D eigenvalue weighted by molar-refractivity contribution is 0.303. The molecule has 3 N–H and O–H groups in total. The summed E-state index contributed by atoms with van der Waals surface area (Å²) in [5.41, 5.74) is 0. The highest BCUT2D eigenvalue weighted by Crippen LogP contribution is 2.11. The van der Waals surface area contributed by atoms with Crippen LogP contribution in [0.5, 0.6) is 5.75 Å². The summed E-state index contributed by atoms with van der Waals surface area (Å²) in [6.45, 7) is 2.70. The zero-order valence-corrected chi connectivity index (χ0v) is 11.1. The van der Waals surface area contributed by atoms with Crippen molar-refractivity contribution in [2.24, 2.45) is 9.54 Å². The fourth-order valence-electron chi connectivity index (χ4n) is 1.70. The first-order valence-corrected chi connectivity index (χ1v) is 7.36. The van der Waals surface area contributed by atoms with Gasteiger partial charge in [-0.1, -0.05) is 22.6 Å². The first kappa shape index (κ1) is 13.8. The van der Waals surface area contributed by atoms with Gasteiger partial charge in [-0.3, -0.25) is 0 Å². The van der Waals surface area contributed by atoms with Crippen LogP contribution in [0.3, 0.4) is 0 Å². The minimum absolute atomic E-state index is 0.00944. The molecule has 1 aliphatic heterocycles. The van der Waals surface area contributed by atoms with Crippen molar-refractivity contribution in [3.8, 4) is 5.75 Å². The largest absolute Gasteiger partial charge is 0.425 e. The number of amidine groups is 1. The van der Waals surface area contributed by atoms with Gasteiger partial charge in [-0.05, 0) is 12.1 Å². The van der Waals surface area contributed by atoms with Gasteiger partial charge in [0.2, 0.25) is 0 Å². The molecule has 104 valence electrons. The molecular weight excluding hydrogens is 268 g/mol. The Bertz CT molecular complexity index is 538. The van der Waals surface area contributed by atoms with Crippen molar-refractivity contribution < 1.29 is 13.2 Å². The summed E-state index contributed by atoms with van der Waals surface area (Å²) in [5, 5.41) is 8.12. The fourth-order valence-corrected chi connectivity index (χ4v) is 2.07. The number of para-hydroxylation sites is 1. The fraction of sp³-hybridized carbons (Fsp3) is 0.364. The Morgan fingerprint density at radius 2 is 1.89 bits per heavy atom.